The highest BCUT2D eigenvalue weighted by molar-refractivity contribution is 5.56. The molecule has 0 aliphatic rings. The van der Waals surface area contributed by atoms with Gasteiger partial charge in [0.05, 0.1) is 6.20 Å². The minimum absolute atomic E-state index is 0.797. The molecule has 2 aromatic rings. The summed E-state index contributed by atoms with van der Waals surface area (Å²) < 4.78 is 5.74. The van der Waals surface area contributed by atoms with Crippen LogP contribution in [0.4, 0.5) is 0 Å². The molecule has 1 aromatic carbocycles. The Morgan fingerprint density at radius 3 is 2.61 bits per heavy atom. The van der Waals surface area contributed by atoms with E-state index in [1.54, 1.807) is 0 Å². The van der Waals surface area contributed by atoms with Gasteiger partial charge in [0.2, 0.25) is 0 Å². The smallest absolute Gasteiger partial charge is 0.196 e. The van der Waals surface area contributed by atoms with Gasteiger partial charge in [-0.1, -0.05) is 38.1 Å². The van der Waals surface area contributed by atoms with Gasteiger partial charge in [0.25, 0.3) is 0 Å². The van der Waals surface area contributed by atoms with E-state index in [0.717, 1.165) is 43.1 Å². The van der Waals surface area contributed by atoms with Gasteiger partial charge < -0.3 is 9.73 Å². The van der Waals surface area contributed by atoms with Gasteiger partial charge in [0, 0.05) is 18.5 Å². The van der Waals surface area contributed by atoms with Crippen LogP contribution >= 0.6 is 0 Å². The molecule has 0 amide bonds. The maximum Gasteiger partial charge on any atom is 0.196 e. The van der Waals surface area contributed by atoms with E-state index in [9.17, 15) is 0 Å². The molecule has 3 nitrogen and oxygen atoms in total. The van der Waals surface area contributed by atoms with Crippen LogP contribution in [-0.2, 0) is 12.8 Å². The number of likely N-dealkylation sites (N-methyl/N-ethyl adjacent to an activating group) is 1. The number of hydrogen-bond acceptors (Lipinski definition) is 3. The highest BCUT2D eigenvalue weighted by Crippen LogP contribution is 2.21. The van der Waals surface area contributed by atoms with Gasteiger partial charge in [0.15, 0.2) is 11.7 Å². The van der Waals surface area contributed by atoms with Crippen molar-refractivity contribution in [2.75, 3.05) is 13.1 Å². The zero-order valence-electron chi connectivity index (χ0n) is 11.1. The van der Waals surface area contributed by atoms with Gasteiger partial charge in [0.1, 0.15) is 0 Å². The van der Waals surface area contributed by atoms with Crippen LogP contribution < -0.4 is 5.32 Å². The molecule has 1 aromatic heterocycles. The van der Waals surface area contributed by atoms with Crippen LogP contribution in [0.3, 0.4) is 0 Å². The van der Waals surface area contributed by atoms with Crippen LogP contribution in [0.25, 0.3) is 11.3 Å². The molecule has 0 aliphatic carbocycles. The molecule has 0 radical (unpaired) electrons. The van der Waals surface area contributed by atoms with Crippen molar-refractivity contribution in [1.29, 1.82) is 0 Å². The van der Waals surface area contributed by atoms with E-state index in [-0.39, 0.29) is 0 Å². The first-order valence-electron chi connectivity index (χ1n) is 6.58. The quantitative estimate of drug-likeness (QED) is 0.794. The number of aromatic nitrogens is 1. The molecule has 0 atom stereocenters. The number of benzene rings is 1. The molecule has 0 saturated carbocycles. The van der Waals surface area contributed by atoms with Gasteiger partial charge in [-0.15, -0.1) is 0 Å². The van der Waals surface area contributed by atoms with Crippen LogP contribution in [-0.4, -0.2) is 18.1 Å². The lowest BCUT2D eigenvalue weighted by Crippen LogP contribution is -2.16. The van der Waals surface area contributed by atoms with E-state index in [1.807, 2.05) is 6.20 Å². The molecule has 0 fully saturated rings. The Bertz CT molecular complexity index is 473. The zero-order valence-corrected chi connectivity index (χ0v) is 11.1. The maximum absolute atomic E-state index is 5.74. The summed E-state index contributed by atoms with van der Waals surface area (Å²) in [6.45, 7) is 6.13. The summed E-state index contributed by atoms with van der Waals surface area (Å²) in [6, 6.07) is 8.45. The Morgan fingerprint density at radius 1 is 1.17 bits per heavy atom. The van der Waals surface area contributed by atoms with Crippen LogP contribution in [0.15, 0.2) is 34.9 Å². The van der Waals surface area contributed by atoms with Crippen LogP contribution in [0, 0.1) is 0 Å². The van der Waals surface area contributed by atoms with Crippen molar-refractivity contribution in [3.63, 3.8) is 0 Å². The minimum Gasteiger partial charge on any atom is -0.441 e. The lowest BCUT2D eigenvalue weighted by atomic mass is 10.1. The summed E-state index contributed by atoms with van der Waals surface area (Å²) >= 11 is 0. The van der Waals surface area contributed by atoms with Gasteiger partial charge in [-0.2, -0.15) is 0 Å². The Morgan fingerprint density at radius 2 is 1.94 bits per heavy atom. The third-order valence-corrected chi connectivity index (χ3v) is 2.97. The molecule has 0 aliphatic heterocycles. The predicted molar refractivity (Wildman–Crippen MR) is 73.6 cm³/mol. The lowest BCUT2D eigenvalue weighted by Gasteiger charge is -1.99. The Labute approximate surface area is 108 Å². The monoisotopic (exact) mass is 244 g/mol. The molecule has 2 rings (SSSR count). The molecule has 0 unspecified atom stereocenters. The normalized spacial score (nSPS) is 10.8. The van der Waals surface area contributed by atoms with E-state index in [0.29, 0.717) is 0 Å². The number of hydrogen-bond donors (Lipinski definition) is 1. The topological polar surface area (TPSA) is 38.1 Å². The van der Waals surface area contributed by atoms with Gasteiger partial charge in [-0.05, 0) is 18.5 Å². The van der Waals surface area contributed by atoms with Crippen molar-refractivity contribution in [2.45, 2.75) is 26.7 Å². The molecular weight excluding hydrogens is 224 g/mol. The zero-order chi connectivity index (χ0) is 12.8. The summed E-state index contributed by atoms with van der Waals surface area (Å²) in [7, 11) is 0. The Kier molecular flexibility index (Phi) is 4.53. The van der Waals surface area contributed by atoms with Crippen molar-refractivity contribution < 1.29 is 4.42 Å². The summed E-state index contributed by atoms with van der Waals surface area (Å²) in [4.78, 5) is 4.30. The lowest BCUT2D eigenvalue weighted by molar-refractivity contribution is 0.497. The summed E-state index contributed by atoms with van der Waals surface area (Å²) in [5, 5.41) is 3.26. The first-order valence-corrected chi connectivity index (χ1v) is 6.58. The number of aryl methyl sites for hydroxylation is 1. The fourth-order valence-corrected chi connectivity index (χ4v) is 1.84. The van der Waals surface area contributed by atoms with Crippen molar-refractivity contribution in [1.82, 2.24) is 10.3 Å². The third-order valence-electron chi connectivity index (χ3n) is 2.97. The second kappa shape index (κ2) is 6.36. The number of oxazole rings is 1. The molecule has 18 heavy (non-hydrogen) atoms. The van der Waals surface area contributed by atoms with Crippen molar-refractivity contribution >= 4 is 0 Å². The minimum atomic E-state index is 0.797. The predicted octanol–water partition coefficient (Wildman–Crippen LogP) is 3.06. The van der Waals surface area contributed by atoms with E-state index in [1.165, 1.54) is 5.56 Å². The molecule has 1 N–H and O–H groups in total. The summed E-state index contributed by atoms with van der Waals surface area (Å²) in [5.74, 6) is 1.65. The van der Waals surface area contributed by atoms with Crippen molar-refractivity contribution in [3.8, 4) is 11.3 Å². The van der Waals surface area contributed by atoms with E-state index in [2.05, 4.69) is 48.4 Å². The highest BCUT2D eigenvalue weighted by Gasteiger charge is 2.05. The largest absolute Gasteiger partial charge is 0.441 e. The van der Waals surface area contributed by atoms with Crippen molar-refractivity contribution in [3.05, 3.63) is 41.9 Å². The Balaban J connectivity index is 2.04. The molecule has 1 heterocycles. The average molecular weight is 244 g/mol. The second-order valence-corrected chi connectivity index (χ2v) is 4.27. The van der Waals surface area contributed by atoms with Crippen molar-refractivity contribution in [2.24, 2.45) is 0 Å². The second-order valence-electron chi connectivity index (χ2n) is 4.27. The standard InChI is InChI=1S/C15H20N2O/c1-3-12-5-7-13(8-6-12)14-11-17-15(18-14)9-10-16-4-2/h5-8,11,16H,3-4,9-10H2,1-2H3. The summed E-state index contributed by atoms with van der Waals surface area (Å²) in [5.41, 5.74) is 2.43. The number of nitrogens with zero attached hydrogens (tertiary/aromatic N) is 1. The average Bonchev–Trinajstić information content (AvgIpc) is 2.88. The SMILES string of the molecule is CCNCCc1ncc(-c2ccc(CC)cc2)o1. The van der Waals surface area contributed by atoms with E-state index < -0.39 is 0 Å². The fraction of sp³-hybridized carbons (Fsp3) is 0.400. The van der Waals surface area contributed by atoms with Crippen LogP contribution in [0.2, 0.25) is 0 Å². The molecule has 0 bridgehead atoms. The molecule has 96 valence electrons. The van der Waals surface area contributed by atoms with E-state index >= 15 is 0 Å². The van der Waals surface area contributed by atoms with Gasteiger partial charge in [-0.25, -0.2) is 4.98 Å². The number of nitrogens with one attached hydrogen (secondary N) is 1. The van der Waals surface area contributed by atoms with Gasteiger partial charge in [-0.3, -0.25) is 0 Å². The molecule has 0 saturated heterocycles. The molecule has 0 spiro atoms. The maximum atomic E-state index is 5.74. The molecular formula is C15H20N2O. The van der Waals surface area contributed by atoms with Crippen LogP contribution in [0.1, 0.15) is 25.3 Å². The van der Waals surface area contributed by atoms with Crippen LogP contribution in [0.5, 0.6) is 0 Å². The first kappa shape index (κ1) is 12.8. The first-order chi connectivity index (χ1) is 8.83. The fourth-order valence-electron chi connectivity index (χ4n) is 1.84. The molecule has 3 heteroatoms. The Hall–Kier alpha value is -1.61. The third kappa shape index (κ3) is 3.20. The number of rotatable bonds is 6. The van der Waals surface area contributed by atoms with E-state index in [4.69, 9.17) is 4.42 Å². The highest BCUT2D eigenvalue weighted by atomic mass is 16.4. The van der Waals surface area contributed by atoms with Gasteiger partial charge >= 0.3 is 0 Å². The summed E-state index contributed by atoms with van der Waals surface area (Å²) in [6.07, 6.45) is 3.70.